The summed E-state index contributed by atoms with van der Waals surface area (Å²) in [7, 11) is 0. The molecule has 6 nitrogen and oxygen atoms in total. The van der Waals surface area contributed by atoms with E-state index in [0.29, 0.717) is 10.2 Å². The lowest BCUT2D eigenvalue weighted by molar-refractivity contribution is 0.0433. The van der Waals surface area contributed by atoms with E-state index in [1.165, 1.54) is 18.4 Å². The Labute approximate surface area is 132 Å². The van der Waals surface area contributed by atoms with Crippen LogP contribution in [-0.4, -0.2) is 16.2 Å². The van der Waals surface area contributed by atoms with Gasteiger partial charge in [0.1, 0.15) is 5.82 Å². The summed E-state index contributed by atoms with van der Waals surface area (Å²) in [6.45, 7) is -0.262. The average Bonchev–Trinajstić information content (AvgIpc) is 3.16. The van der Waals surface area contributed by atoms with Crippen LogP contribution >= 0.6 is 15.9 Å². The molecule has 0 unspecified atom stereocenters. The fourth-order valence-electron chi connectivity index (χ4n) is 1.67. The molecule has 0 aliphatic heterocycles. The Morgan fingerprint density at radius 3 is 2.91 bits per heavy atom. The van der Waals surface area contributed by atoms with Crippen LogP contribution in [0, 0.1) is 5.82 Å². The van der Waals surface area contributed by atoms with Gasteiger partial charge in [0.2, 0.25) is 0 Å². The summed E-state index contributed by atoms with van der Waals surface area (Å²) < 4.78 is 29.5. The van der Waals surface area contributed by atoms with Crippen LogP contribution in [0.15, 0.2) is 49.9 Å². The maximum absolute atomic E-state index is 13.6. The smallest absolute Gasteiger partial charge is 0.341 e. The van der Waals surface area contributed by atoms with Gasteiger partial charge in [-0.1, -0.05) is 15.9 Å². The fraction of sp³-hybridized carbons (Fsp3) is 0.0714. The Morgan fingerprint density at radius 2 is 2.18 bits per heavy atom. The summed E-state index contributed by atoms with van der Waals surface area (Å²) in [6.07, 6.45) is 1.47. The predicted molar refractivity (Wildman–Crippen MR) is 75.2 cm³/mol. The lowest BCUT2D eigenvalue weighted by Gasteiger charge is -2.03. The van der Waals surface area contributed by atoms with Crippen LogP contribution in [0.1, 0.15) is 16.2 Å². The van der Waals surface area contributed by atoms with Gasteiger partial charge in [-0.2, -0.15) is 0 Å². The van der Waals surface area contributed by atoms with Crippen molar-refractivity contribution in [2.75, 3.05) is 0 Å². The molecule has 2 aromatic heterocycles. The summed E-state index contributed by atoms with van der Waals surface area (Å²) >= 11 is 3.11. The number of esters is 1. The second-order valence-corrected chi connectivity index (χ2v) is 5.09. The summed E-state index contributed by atoms with van der Waals surface area (Å²) in [5, 5.41) is 7.48. The zero-order chi connectivity index (χ0) is 15.5. The number of carbonyl (C=O) groups excluding carboxylic acids is 1. The van der Waals surface area contributed by atoms with Gasteiger partial charge in [-0.15, -0.1) is 10.2 Å². The molecule has 0 fully saturated rings. The second-order valence-electron chi connectivity index (χ2n) is 4.18. The van der Waals surface area contributed by atoms with E-state index in [1.807, 2.05) is 0 Å². The molecule has 1 aromatic carbocycles. The van der Waals surface area contributed by atoms with E-state index in [2.05, 4.69) is 26.1 Å². The molecule has 8 heteroatoms. The highest BCUT2D eigenvalue weighted by molar-refractivity contribution is 9.10. The van der Waals surface area contributed by atoms with Gasteiger partial charge in [-0.3, -0.25) is 0 Å². The highest BCUT2D eigenvalue weighted by atomic mass is 79.9. The number of ether oxygens (including phenoxy) is 1. The van der Waals surface area contributed by atoms with Crippen molar-refractivity contribution >= 4 is 21.9 Å². The summed E-state index contributed by atoms with van der Waals surface area (Å²) in [5.74, 6) is -0.837. The van der Waals surface area contributed by atoms with Crippen molar-refractivity contribution in [2.24, 2.45) is 0 Å². The third kappa shape index (κ3) is 3.06. The standard InChI is InChI=1S/C14H8BrFN2O4/c15-8-3-4-9(10(16)6-8)14(19)21-7-12-17-18-13(22-12)11-2-1-5-20-11/h1-6H,7H2. The van der Waals surface area contributed by atoms with Crippen molar-refractivity contribution < 1.29 is 22.8 Å². The molecule has 0 spiro atoms. The molecule has 0 saturated carbocycles. The van der Waals surface area contributed by atoms with Crippen LogP contribution in [0.4, 0.5) is 4.39 Å². The molecular formula is C14H8BrFN2O4. The van der Waals surface area contributed by atoms with Crippen LogP contribution in [-0.2, 0) is 11.3 Å². The minimum absolute atomic E-state index is 0.0808. The first-order chi connectivity index (χ1) is 10.6. The first-order valence-electron chi connectivity index (χ1n) is 6.12. The molecule has 0 radical (unpaired) electrons. The third-order valence-corrected chi connectivity index (χ3v) is 3.17. The molecular weight excluding hydrogens is 359 g/mol. The SMILES string of the molecule is O=C(OCc1nnc(-c2ccco2)o1)c1ccc(Br)cc1F. The lowest BCUT2D eigenvalue weighted by atomic mass is 10.2. The monoisotopic (exact) mass is 366 g/mol. The zero-order valence-corrected chi connectivity index (χ0v) is 12.5. The van der Waals surface area contributed by atoms with Gasteiger partial charge in [-0.05, 0) is 30.3 Å². The maximum atomic E-state index is 13.6. The molecule has 0 bridgehead atoms. The van der Waals surface area contributed by atoms with Gasteiger partial charge in [0.15, 0.2) is 12.4 Å². The predicted octanol–water partition coefficient (Wildman–Crippen LogP) is 3.59. The molecule has 0 aliphatic carbocycles. The van der Waals surface area contributed by atoms with Crippen LogP contribution < -0.4 is 0 Å². The van der Waals surface area contributed by atoms with Crippen LogP contribution in [0.25, 0.3) is 11.7 Å². The topological polar surface area (TPSA) is 78.4 Å². The number of aromatic nitrogens is 2. The molecule has 3 aromatic rings. The van der Waals surface area contributed by atoms with E-state index in [1.54, 1.807) is 18.2 Å². The molecule has 3 rings (SSSR count). The molecule has 0 aliphatic rings. The second kappa shape index (κ2) is 6.10. The van der Waals surface area contributed by atoms with Crippen molar-refractivity contribution in [1.82, 2.24) is 10.2 Å². The molecule has 112 valence electrons. The van der Waals surface area contributed by atoms with Gasteiger partial charge in [0, 0.05) is 4.47 Å². The first kappa shape index (κ1) is 14.5. The quantitative estimate of drug-likeness (QED) is 0.656. The van der Waals surface area contributed by atoms with E-state index in [-0.39, 0.29) is 24.0 Å². The minimum atomic E-state index is -0.817. The normalized spacial score (nSPS) is 10.6. The van der Waals surface area contributed by atoms with E-state index in [4.69, 9.17) is 13.6 Å². The number of rotatable bonds is 4. The van der Waals surface area contributed by atoms with Gasteiger partial charge >= 0.3 is 5.97 Å². The maximum Gasteiger partial charge on any atom is 0.341 e. The van der Waals surface area contributed by atoms with Crippen molar-refractivity contribution in [2.45, 2.75) is 6.61 Å². The summed E-state index contributed by atoms with van der Waals surface area (Å²) in [6, 6.07) is 7.37. The Kier molecular flexibility index (Phi) is 4.01. The van der Waals surface area contributed by atoms with Crippen LogP contribution in [0.3, 0.4) is 0 Å². The lowest BCUT2D eigenvalue weighted by Crippen LogP contribution is -2.07. The van der Waals surface area contributed by atoms with Gasteiger partial charge in [0.05, 0.1) is 11.8 Å². The number of benzene rings is 1. The molecule has 0 amide bonds. The zero-order valence-electron chi connectivity index (χ0n) is 11.0. The Hall–Kier alpha value is -2.48. The van der Waals surface area contributed by atoms with Gasteiger partial charge in [-0.25, -0.2) is 9.18 Å². The van der Waals surface area contributed by atoms with E-state index in [9.17, 15) is 9.18 Å². The van der Waals surface area contributed by atoms with Crippen molar-refractivity contribution in [3.63, 3.8) is 0 Å². The van der Waals surface area contributed by atoms with E-state index >= 15 is 0 Å². The molecule has 22 heavy (non-hydrogen) atoms. The van der Waals surface area contributed by atoms with Gasteiger partial charge < -0.3 is 13.6 Å². The van der Waals surface area contributed by atoms with E-state index < -0.39 is 11.8 Å². The Morgan fingerprint density at radius 1 is 1.32 bits per heavy atom. The highest BCUT2D eigenvalue weighted by Crippen LogP contribution is 2.19. The minimum Gasteiger partial charge on any atom is -0.459 e. The molecule has 0 N–H and O–H groups in total. The molecule has 2 heterocycles. The van der Waals surface area contributed by atoms with Crippen molar-refractivity contribution in [3.05, 3.63) is 58.3 Å². The number of nitrogens with zero attached hydrogens (tertiary/aromatic N) is 2. The average molecular weight is 367 g/mol. The van der Waals surface area contributed by atoms with Gasteiger partial charge in [0.25, 0.3) is 11.8 Å². The summed E-state index contributed by atoms with van der Waals surface area (Å²) in [5.41, 5.74) is -0.172. The molecule has 0 atom stereocenters. The van der Waals surface area contributed by atoms with Crippen LogP contribution in [0.5, 0.6) is 0 Å². The third-order valence-electron chi connectivity index (χ3n) is 2.68. The van der Waals surface area contributed by atoms with E-state index in [0.717, 1.165) is 0 Å². The Bertz CT molecular complexity index is 801. The Balaban J connectivity index is 1.66. The van der Waals surface area contributed by atoms with Crippen molar-refractivity contribution in [1.29, 1.82) is 0 Å². The fourth-order valence-corrected chi connectivity index (χ4v) is 2.00. The first-order valence-corrected chi connectivity index (χ1v) is 6.91. The number of halogens is 2. The molecule has 0 saturated heterocycles. The highest BCUT2D eigenvalue weighted by Gasteiger charge is 2.16. The number of hydrogen-bond donors (Lipinski definition) is 0. The van der Waals surface area contributed by atoms with Crippen molar-refractivity contribution in [3.8, 4) is 11.7 Å². The van der Waals surface area contributed by atoms with Crippen LogP contribution in [0.2, 0.25) is 0 Å². The number of furan rings is 1. The number of carbonyl (C=O) groups is 1. The number of hydrogen-bond acceptors (Lipinski definition) is 6. The largest absolute Gasteiger partial charge is 0.459 e. The summed E-state index contributed by atoms with van der Waals surface area (Å²) in [4.78, 5) is 11.8.